The summed E-state index contributed by atoms with van der Waals surface area (Å²) in [4.78, 5) is 15.4. The highest BCUT2D eigenvalue weighted by atomic mass is 16.5. The molecule has 0 aromatic carbocycles. The lowest BCUT2D eigenvalue weighted by molar-refractivity contribution is 0.0600. The van der Waals surface area contributed by atoms with E-state index in [0.29, 0.717) is 24.3 Å². The van der Waals surface area contributed by atoms with Crippen molar-refractivity contribution >= 4 is 11.8 Å². The molecule has 1 aromatic rings. The molecule has 1 unspecified atom stereocenters. The smallest absolute Gasteiger partial charge is 0.338 e. The Bertz CT molecular complexity index is 369. The second kappa shape index (κ2) is 6.85. The zero-order valence-corrected chi connectivity index (χ0v) is 10.1. The summed E-state index contributed by atoms with van der Waals surface area (Å²) in [5.74, 6) is 0.222. The van der Waals surface area contributed by atoms with E-state index in [2.05, 4.69) is 15.0 Å². The van der Waals surface area contributed by atoms with E-state index in [4.69, 9.17) is 0 Å². The van der Waals surface area contributed by atoms with Crippen molar-refractivity contribution < 1.29 is 14.6 Å². The van der Waals surface area contributed by atoms with Gasteiger partial charge in [-0.25, -0.2) is 9.78 Å². The van der Waals surface area contributed by atoms with E-state index in [0.717, 1.165) is 6.42 Å². The van der Waals surface area contributed by atoms with Gasteiger partial charge in [-0.15, -0.1) is 0 Å². The van der Waals surface area contributed by atoms with Crippen molar-refractivity contribution in [2.75, 3.05) is 19.0 Å². The van der Waals surface area contributed by atoms with Crippen LogP contribution in [-0.4, -0.2) is 35.8 Å². The van der Waals surface area contributed by atoms with Gasteiger partial charge in [0.15, 0.2) is 0 Å². The summed E-state index contributed by atoms with van der Waals surface area (Å²) in [7, 11) is 1.34. The van der Waals surface area contributed by atoms with Crippen LogP contribution in [0.15, 0.2) is 18.3 Å². The van der Waals surface area contributed by atoms with Gasteiger partial charge in [-0.1, -0.05) is 6.92 Å². The number of anilines is 1. The third-order valence-corrected chi connectivity index (χ3v) is 2.44. The highest BCUT2D eigenvalue weighted by Crippen LogP contribution is 2.08. The summed E-state index contributed by atoms with van der Waals surface area (Å²) in [5.41, 5.74) is 0.459. The molecule has 0 radical (unpaired) electrons. The van der Waals surface area contributed by atoms with Crippen LogP contribution in [0.3, 0.4) is 0 Å². The molecule has 0 amide bonds. The lowest BCUT2D eigenvalue weighted by Gasteiger charge is -2.09. The van der Waals surface area contributed by atoms with Crippen LogP contribution in [-0.2, 0) is 4.74 Å². The number of hydrogen-bond acceptors (Lipinski definition) is 5. The van der Waals surface area contributed by atoms with Crippen LogP contribution in [0.1, 0.15) is 30.1 Å². The molecule has 1 aromatic heterocycles. The minimum atomic E-state index is -0.385. The summed E-state index contributed by atoms with van der Waals surface area (Å²) < 4.78 is 4.62. The number of hydrogen-bond donors (Lipinski definition) is 2. The zero-order valence-electron chi connectivity index (χ0n) is 10.1. The monoisotopic (exact) mass is 238 g/mol. The van der Waals surface area contributed by atoms with Crippen LogP contribution in [0, 0.1) is 0 Å². The fourth-order valence-corrected chi connectivity index (χ4v) is 1.34. The van der Waals surface area contributed by atoms with Crippen molar-refractivity contribution in [1.29, 1.82) is 0 Å². The van der Waals surface area contributed by atoms with Gasteiger partial charge in [0.1, 0.15) is 5.82 Å². The van der Waals surface area contributed by atoms with Gasteiger partial charge in [-0.05, 0) is 25.0 Å². The second-order valence-corrected chi connectivity index (χ2v) is 3.70. The molecule has 1 heterocycles. The topological polar surface area (TPSA) is 71.5 Å². The van der Waals surface area contributed by atoms with Crippen molar-refractivity contribution in [3.63, 3.8) is 0 Å². The Hall–Kier alpha value is -1.62. The van der Waals surface area contributed by atoms with Gasteiger partial charge in [-0.3, -0.25) is 0 Å². The van der Waals surface area contributed by atoms with E-state index in [1.54, 1.807) is 18.3 Å². The Morgan fingerprint density at radius 2 is 2.41 bits per heavy atom. The van der Waals surface area contributed by atoms with Crippen LogP contribution >= 0.6 is 0 Å². The SMILES string of the molecule is CCC(O)CCNc1cc(C(=O)OC)ccn1. The first-order chi connectivity index (χ1) is 8.17. The maximum absolute atomic E-state index is 11.3. The van der Waals surface area contributed by atoms with E-state index in [9.17, 15) is 9.90 Å². The largest absolute Gasteiger partial charge is 0.465 e. The third-order valence-electron chi connectivity index (χ3n) is 2.44. The average Bonchev–Trinajstić information content (AvgIpc) is 2.38. The Labute approximate surface area is 101 Å². The zero-order chi connectivity index (χ0) is 12.7. The van der Waals surface area contributed by atoms with Crippen molar-refractivity contribution in [2.45, 2.75) is 25.9 Å². The maximum Gasteiger partial charge on any atom is 0.338 e. The van der Waals surface area contributed by atoms with Gasteiger partial charge in [0.05, 0.1) is 18.8 Å². The maximum atomic E-state index is 11.3. The molecule has 0 aliphatic heterocycles. The lowest BCUT2D eigenvalue weighted by Crippen LogP contribution is -2.13. The summed E-state index contributed by atoms with van der Waals surface area (Å²) >= 11 is 0. The third kappa shape index (κ3) is 4.40. The quantitative estimate of drug-likeness (QED) is 0.734. The van der Waals surface area contributed by atoms with Crippen LogP contribution in [0.2, 0.25) is 0 Å². The number of esters is 1. The summed E-state index contributed by atoms with van der Waals surface area (Å²) in [6, 6.07) is 3.22. The molecule has 94 valence electrons. The Morgan fingerprint density at radius 1 is 1.65 bits per heavy atom. The molecule has 2 N–H and O–H groups in total. The van der Waals surface area contributed by atoms with Gasteiger partial charge >= 0.3 is 5.97 Å². The summed E-state index contributed by atoms with van der Waals surface area (Å²) in [6.07, 6.45) is 2.63. The standard InChI is InChI=1S/C12H18N2O3/c1-3-10(15)5-7-14-11-8-9(4-6-13-11)12(16)17-2/h4,6,8,10,15H,3,5,7H2,1-2H3,(H,13,14). The van der Waals surface area contributed by atoms with Gasteiger partial charge in [0.25, 0.3) is 0 Å². The number of nitrogens with one attached hydrogen (secondary N) is 1. The number of rotatable bonds is 6. The highest BCUT2D eigenvalue weighted by molar-refractivity contribution is 5.89. The Balaban J connectivity index is 2.51. The lowest BCUT2D eigenvalue weighted by atomic mass is 10.2. The van der Waals surface area contributed by atoms with Crippen molar-refractivity contribution in [3.8, 4) is 0 Å². The average molecular weight is 238 g/mol. The molecule has 1 rings (SSSR count). The molecule has 5 nitrogen and oxygen atoms in total. The highest BCUT2D eigenvalue weighted by Gasteiger charge is 2.06. The molecule has 0 fully saturated rings. The molecule has 0 spiro atoms. The Kier molecular flexibility index (Phi) is 5.42. The number of nitrogens with zero attached hydrogens (tertiary/aromatic N) is 1. The molecule has 0 aliphatic carbocycles. The number of carbonyl (C=O) groups is 1. The number of aliphatic hydroxyl groups is 1. The van der Waals surface area contributed by atoms with Crippen molar-refractivity contribution in [2.24, 2.45) is 0 Å². The van der Waals surface area contributed by atoms with E-state index in [1.165, 1.54) is 7.11 Å². The summed E-state index contributed by atoms with van der Waals surface area (Å²) in [5, 5.41) is 12.4. The predicted octanol–water partition coefficient (Wildman–Crippen LogP) is 1.44. The van der Waals surface area contributed by atoms with E-state index < -0.39 is 0 Å². The molecule has 0 saturated heterocycles. The predicted molar refractivity (Wildman–Crippen MR) is 65.0 cm³/mol. The molecule has 5 heteroatoms. The van der Waals surface area contributed by atoms with E-state index in [-0.39, 0.29) is 12.1 Å². The number of methoxy groups -OCH3 is 1. The van der Waals surface area contributed by atoms with Crippen molar-refractivity contribution in [1.82, 2.24) is 4.98 Å². The van der Waals surface area contributed by atoms with E-state index >= 15 is 0 Å². The van der Waals surface area contributed by atoms with Gasteiger partial charge < -0.3 is 15.2 Å². The normalized spacial score (nSPS) is 11.9. The Morgan fingerprint density at radius 3 is 3.06 bits per heavy atom. The molecule has 0 saturated carbocycles. The molecule has 1 atom stereocenters. The van der Waals surface area contributed by atoms with Crippen LogP contribution in [0.4, 0.5) is 5.82 Å². The fourth-order valence-electron chi connectivity index (χ4n) is 1.34. The first-order valence-corrected chi connectivity index (χ1v) is 5.63. The van der Waals surface area contributed by atoms with E-state index in [1.807, 2.05) is 6.92 Å². The molecule has 17 heavy (non-hydrogen) atoms. The number of carbonyl (C=O) groups excluding carboxylic acids is 1. The second-order valence-electron chi connectivity index (χ2n) is 3.70. The molecular formula is C12H18N2O3. The first kappa shape index (κ1) is 13.4. The first-order valence-electron chi connectivity index (χ1n) is 5.63. The van der Waals surface area contributed by atoms with Crippen LogP contribution in [0.5, 0.6) is 0 Å². The van der Waals surface area contributed by atoms with Gasteiger partial charge in [0.2, 0.25) is 0 Å². The number of aliphatic hydroxyl groups excluding tert-OH is 1. The number of pyridine rings is 1. The van der Waals surface area contributed by atoms with Crippen molar-refractivity contribution in [3.05, 3.63) is 23.9 Å². The van der Waals surface area contributed by atoms with Crippen LogP contribution < -0.4 is 5.32 Å². The number of aromatic nitrogens is 1. The minimum absolute atomic E-state index is 0.300. The molecular weight excluding hydrogens is 220 g/mol. The molecule has 0 bridgehead atoms. The van der Waals surface area contributed by atoms with Gasteiger partial charge in [-0.2, -0.15) is 0 Å². The summed E-state index contributed by atoms with van der Waals surface area (Å²) in [6.45, 7) is 2.55. The van der Waals surface area contributed by atoms with Crippen LogP contribution in [0.25, 0.3) is 0 Å². The van der Waals surface area contributed by atoms with Gasteiger partial charge in [0, 0.05) is 12.7 Å². The minimum Gasteiger partial charge on any atom is -0.465 e. The number of ether oxygens (including phenoxy) is 1. The molecule has 0 aliphatic rings. The fraction of sp³-hybridized carbons (Fsp3) is 0.500.